The summed E-state index contributed by atoms with van der Waals surface area (Å²) in [4.78, 5) is 4.68. The first-order valence-corrected chi connectivity index (χ1v) is 7.25. The zero-order valence-corrected chi connectivity index (χ0v) is 11.4. The molecule has 0 aliphatic carbocycles. The molecule has 90 valence electrons. The van der Waals surface area contributed by atoms with E-state index in [1.54, 1.807) is 12.3 Å². The van der Waals surface area contributed by atoms with Crippen LogP contribution in [0.5, 0.6) is 0 Å². The largest absolute Gasteiger partial charge is 0.261 e. The van der Waals surface area contributed by atoms with Crippen molar-refractivity contribution in [2.75, 3.05) is 6.26 Å². The topological polar surface area (TPSA) is 47.0 Å². The smallest absolute Gasteiger partial charge is 0.175 e. The Bertz CT molecular complexity index is 484. The highest BCUT2D eigenvalue weighted by atomic mass is 32.2. The highest BCUT2D eigenvalue weighted by molar-refractivity contribution is 7.90. The molecule has 0 bridgehead atoms. The minimum atomic E-state index is -3.19. The Labute approximate surface area is 97.8 Å². The molecule has 0 aliphatic rings. The Hall–Kier alpha value is -0.900. The molecule has 1 rings (SSSR count). The third-order valence-corrected chi connectivity index (χ3v) is 3.61. The van der Waals surface area contributed by atoms with Gasteiger partial charge in [-0.2, -0.15) is 0 Å². The maximum Gasteiger partial charge on any atom is 0.175 e. The summed E-state index contributed by atoms with van der Waals surface area (Å²) >= 11 is 0. The molecular weight excluding hydrogens is 222 g/mol. The van der Waals surface area contributed by atoms with Crippen LogP contribution in [0.4, 0.5) is 0 Å². The molecule has 16 heavy (non-hydrogen) atoms. The molecule has 1 aromatic heterocycles. The van der Waals surface area contributed by atoms with Gasteiger partial charge in [0.15, 0.2) is 9.84 Å². The molecule has 0 atom stereocenters. The molecule has 4 heteroatoms. The number of pyridine rings is 1. The summed E-state index contributed by atoms with van der Waals surface area (Å²) in [6.45, 7) is 8.02. The standard InChI is InChI=1S/C12H19NO2S/c1-6-9-11(12(2,3)4)10(7-8-13-9)16(5,14)15/h7-8H,6H2,1-5H3. The van der Waals surface area contributed by atoms with Crippen LogP contribution in [0.15, 0.2) is 17.2 Å². The van der Waals surface area contributed by atoms with Crippen LogP contribution < -0.4 is 0 Å². The predicted molar refractivity (Wildman–Crippen MR) is 65.4 cm³/mol. The van der Waals surface area contributed by atoms with Crippen LogP contribution in [0.1, 0.15) is 39.0 Å². The third kappa shape index (κ3) is 2.61. The van der Waals surface area contributed by atoms with E-state index in [1.165, 1.54) is 6.26 Å². The van der Waals surface area contributed by atoms with Crippen LogP contribution in [0.25, 0.3) is 0 Å². The lowest BCUT2D eigenvalue weighted by atomic mass is 9.85. The number of rotatable bonds is 2. The van der Waals surface area contributed by atoms with Gasteiger partial charge in [0.25, 0.3) is 0 Å². The number of nitrogens with zero attached hydrogens (tertiary/aromatic N) is 1. The Morgan fingerprint density at radius 3 is 2.25 bits per heavy atom. The van der Waals surface area contributed by atoms with E-state index < -0.39 is 9.84 Å². The molecule has 0 saturated heterocycles. The highest BCUT2D eigenvalue weighted by Crippen LogP contribution is 2.31. The van der Waals surface area contributed by atoms with Gasteiger partial charge in [-0.1, -0.05) is 27.7 Å². The molecule has 0 unspecified atom stereocenters. The molecule has 0 fully saturated rings. The van der Waals surface area contributed by atoms with E-state index in [-0.39, 0.29) is 5.41 Å². The van der Waals surface area contributed by atoms with Gasteiger partial charge in [-0.15, -0.1) is 0 Å². The molecule has 1 heterocycles. The Kier molecular flexibility index (Phi) is 3.43. The Morgan fingerprint density at radius 1 is 1.31 bits per heavy atom. The molecule has 3 nitrogen and oxygen atoms in total. The summed E-state index contributed by atoms with van der Waals surface area (Å²) in [5.74, 6) is 0. The minimum Gasteiger partial charge on any atom is -0.261 e. The maximum atomic E-state index is 11.7. The summed E-state index contributed by atoms with van der Waals surface area (Å²) in [5, 5.41) is 0. The van der Waals surface area contributed by atoms with Crippen LogP contribution in [-0.2, 0) is 21.7 Å². The number of aromatic nitrogens is 1. The predicted octanol–water partition coefficient (Wildman–Crippen LogP) is 2.35. The van der Waals surface area contributed by atoms with Crippen LogP contribution in [-0.4, -0.2) is 19.7 Å². The van der Waals surface area contributed by atoms with Gasteiger partial charge in [0.2, 0.25) is 0 Å². The van der Waals surface area contributed by atoms with Crippen molar-refractivity contribution in [1.29, 1.82) is 0 Å². The first-order chi connectivity index (χ1) is 7.18. The summed E-state index contributed by atoms with van der Waals surface area (Å²) in [5.41, 5.74) is 1.51. The number of aryl methyl sites for hydroxylation is 1. The van der Waals surface area contributed by atoms with Gasteiger partial charge in [0.1, 0.15) is 0 Å². The summed E-state index contributed by atoms with van der Waals surface area (Å²) in [6.07, 6.45) is 3.57. The second-order valence-corrected chi connectivity index (χ2v) is 6.99. The monoisotopic (exact) mass is 241 g/mol. The van der Waals surface area contributed by atoms with Crippen LogP contribution in [0.2, 0.25) is 0 Å². The van der Waals surface area contributed by atoms with Gasteiger partial charge in [-0.3, -0.25) is 4.98 Å². The molecular formula is C12H19NO2S. The number of hydrogen-bond acceptors (Lipinski definition) is 3. The average molecular weight is 241 g/mol. The van der Waals surface area contributed by atoms with Crippen molar-refractivity contribution < 1.29 is 8.42 Å². The molecule has 0 aliphatic heterocycles. The van der Waals surface area contributed by atoms with Crippen molar-refractivity contribution in [3.05, 3.63) is 23.5 Å². The maximum absolute atomic E-state index is 11.7. The van der Waals surface area contributed by atoms with Crippen LogP contribution in [0.3, 0.4) is 0 Å². The number of hydrogen-bond donors (Lipinski definition) is 0. The van der Waals surface area contributed by atoms with E-state index in [0.29, 0.717) is 4.90 Å². The summed E-state index contributed by atoms with van der Waals surface area (Å²) in [6, 6.07) is 1.59. The van der Waals surface area contributed by atoms with Crippen molar-refractivity contribution in [2.45, 2.75) is 44.4 Å². The first kappa shape index (κ1) is 13.2. The quantitative estimate of drug-likeness (QED) is 0.798. The SMILES string of the molecule is CCc1nccc(S(C)(=O)=O)c1C(C)(C)C. The van der Waals surface area contributed by atoms with E-state index in [4.69, 9.17) is 0 Å². The van der Waals surface area contributed by atoms with Crippen molar-refractivity contribution >= 4 is 9.84 Å². The van der Waals surface area contributed by atoms with Gasteiger partial charge < -0.3 is 0 Å². The van der Waals surface area contributed by atoms with Gasteiger partial charge in [0.05, 0.1) is 4.90 Å². The Morgan fingerprint density at radius 2 is 1.88 bits per heavy atom. The molecule has 0 saturated carbocycles. The first-order valence-electron chi connectivity index (χ1n) is 5.36. The van der Waals surface area contributed by atoms with Gasteiger partial charge in [-0.25, -0.2) is 8.42 Å². The van der Waals surface area contributed by atoms with Crippen LogP contribution >= 0.6 is 0 Å². The lowest BCUT2D eigenvalue weighted by molar-refractivity contribution is 0.553. The van der Waals surface area contributed by atoms with E-state index in [0.717, 1.165) is 17.7 Å². The number of sulfone groups is 1. The minimum absolute atomic E-state index is 0.210. The fourth-order valence-electron chi connectivity index (χ4n) is 1.86. The van der Waals surface area contributed by atoms with Crippen molar-refractivity contribution in [2.24, 2.45) is 0 Å². The van der Waals surface area contributed by atoms with E-state index >= 15 is 0 Å². The molecule has 1 aromatic rings. The van der Waals surface area contributed by atoms with Gasteiger partial charge in [-0.05, 0) is 23.5 Å². The van der Waals surface area contributed by atoms with E-state index in [9.17, 15) is 8.42 Å². The molecule has 0 N–H and O–H groups in total. The zero-order valence-electron chi connectivity index (χ0n) is 10.5. The fraction of sp³-hybridized carbons (Fsp3) is 0.583. The van der Waals surface area contributed by atoms with Gasteiger partial charge in [0, 0.05) is 18.1 Å². The summed E-state index contributed by atoms with van der Waals surface area (Å²) < 4.78 is 23.5. The van der Waals surface area contributed by atoms with Crippen molar-refractivity contribution in [3.63, 3.8) is 0 Å². The lowest BCUT2D eigenvalue weighted by Crippen LogP contribution is -2.20. The van der Waals surface area contributed by atoms with Gasteiger partial charge >= 0.3 is 0 Å². The fourth-order valence-corrected chi connectivity index (χ4v) is 2.97. The van der Waals surface area contributed by atoms with E-state index in [1.807, 2.05) is 27.7 Å². The normalized spacial score (nSPS) is 12.8. The Balaban J connectivity index is 3.64. The second kappa shape index (κ2) is 4.17. The van der Waals surface area contributed by atoms with Crippen LogP contribution in [0, 0.1) is 0 Å². The molecule has 0 spiro atoms. The van der Waals surface area contributed by atoms with Crippen molar-refractivity contribution in [1.82, 2.24) is 4.98 Å². The molecule has 0 aromatic carbocycles. The molecule has 0 amide bonds. The molecule has 0 radical (unpaired) electrons. The lowest BCUT2D eigenvalue weighted by Gasteiger charge is -2.24. The van der Waals surface area contributed by atoms with E-state index in [2.05, 4.69) is 4.98 Å². The second-order valence-electron chi connectivity index (χ2n) is 5.01. The third-order valence-electron chi connectivity index (χ3n) is 2.48. The average Bonchev–Trinajstić information content (AvgIpc) is 2.13. The zero-order chi connectivity index (χ0) is 12.6. The highest BCUT2D eigenvalue weighted by Gasteiger charge is 2.26. The van der Waals surface area contributed by atoms with Crippen molar-refractivity contribution in [3.8, 4) is 0 Å². The summed E-state index contributed by atoms with van der Waals surface area (Å²) in [7, 11) is -3.19.